The van der Waals surface area contributed by atoms with E-state index in [1.54, 1.807) is 0 Å². The average Bonchev–Trinajstić information content (AvgIpc) is 2.90. The van der Waals surface area contributed by atoms with Crippen LogP contribution in [0, 0.1) is 0 Å². The SMILES string of the molecule is C1CCC(c2noc(C3CCOCC3)n2)SC1. The Kier molecular flexibility index (Phi) is 3.66. The van der Waals surface area contributed by atoms with Crippen LogP contribution < -0.4 is 0 Å². The number of ether oxygens (including phenoxy) is 1. The van der Waals surface area contributed by atoms with Crippen LogP contribution in [0.2, 0.25) is 0 Å². The van der Waals surface area contributed by atoms with Gasteiger partial charge in [-0.15, -0.1) is 0 Å². The molecule has 2 aliphatic rings. The van der Waals surface area contributed by atoms with Crippen molar-refractivity contribution in [2.45, 2.75) is 43.3 Å². The van der Waals surface area contributed by atoms with Crippen molar-refractivity contribution in [2.75, 3.05) is 19.0 Å². The highest BCUT2D eigenvalue weighted by molar-refractivity contribution is 7.99. The first kappa shape index (κ1) is 11.5. The Labute approximate surface area is 105 Å². The molecule has 1 aromatic rings. The van der Waals surface area contributed by atoms with E-state index >= 15 is 0 Å². The minimum absolute atomic E-state index is 0.415. The molecule has 2 fully saturated rings. The summed E-state index contributed by atoms with van der Waals surface area (Å²) in [7, 11) is 0. The summed E-state index contributed by atoms with van der Waals surface area (Å²) < 4.78 is 10.8. The molecule has 0 N–H and O–H groups in total. The maximum Gasteiger partial charge on any atom is 0.229 e. The van der Waals surface area contributed by atoms with Crippen molar-refractivity contribution in [2.24, 2.45) is 0 Å². The Bertz CT molecular complexity index is 325. The molecule has 1 atom stereocenters. The van der Waals surface area contributed by atoms with Gasteiger partial charge in [-0.25, -0.2) is 0 Å². The van der Waals surface area contributed by atoms with Gasteiger partial charge in [-0.05, 0) is 31.4 Å². The first-order chi connectivity index (χ1) is 8.43. The lowest BCUT2D eigenvalue weighted by atomic mass is 10.0. The second-order valence-corrected chi connectivity index (χ2v) is 6.04. The van der Waals surface area contributed by atoms with Crippen LogP contribution in [0.3, 0.4) is 0 Å². The molecule has 0 amide bonds. The van der Waals surface area contributed by atoms with Gasteiger partial charge in [0.15, 0.2) is 5.82 Å². The zero-order chi connectivity index (χ0) is 11.5. The Morgan fingerprint density at radius 3 is 2.76 bits per heavy atom. The molecule has 94 valence electrons. The molecule has 0 saturated carbocycles. The number of nitrogens with zero attached hydrogens (tertiary/aromatic N) is 2. The number of hydrogen-bond donors (Lipinski definition) is 0. The summed E-state index contributed by atoms with van der Waals surface area (Å²) >= 11 is 1.97. The Balaban J connectivity index is 1.68. The first-order valence-electron chi connectivity index (χ1n) is 6.46. The standard InChI is InChI=1S/C12H18N2O2S/c1-2-8-17-10(3-1)11-13-12(16-14-11)9-4-6-15-7-5-9/h9-10H,1-8H2. The average molecular weight is 254 g/mol. The van der Waals surface area contributed by atoms with E-state index in [1.165, 1.54) is 25.0 Å². The maximum atomic E-state index is 5.43. The van der Waals surface area contributed by atoms with Crippen LogP contribution in [-0.4, -0.2) is 29.1 Å². The van der Waals surface area contributed by atoms with E-state index in [-0.39, 0.29) is 0 Å². The van der Waals surface area contributed by atoms with Crippen molar-refractivity contribution in [3.63, 3.8) is 0 Å². The van der Waals surface area contributed by atoms with Gasteiger partial charge in [-0.1, -0.05) is 11.6 Å². The van der Waals surface area contributed by atoms with Gasteiger partial charge in [-0.3, -0.25) is 0 Å². The Morgan fingerprint density at radius 2 is 2.00 bits per heavy atom. The smallest absolute Gasteiger partial charge is 0.229 e. The van der Waals surface area contributed by atoms with Gasteiger partial charge in [-0.2, -0.15) is 16.7 Å². The van der Waals surface area contributed by atoms with Crippen LogP contribution >= 0.6 is 11.8 Å². The summed E-state index contributed by atoms with van der Waals surface area (Å²) in [6.45, 7) is 1.64. The predicted molar refractivity (Wildman–Crippen MR) is 66.1 cm³/mol. The molecule has 2 aliphatic heterocycles. The van der Waals surface area contributed by atoms with E-state index in [2.05, 4.69) is 10.1 Å². The molecule has 3 heterocycles. The molecule has 17 heavy (non-hydrogen) atoms. The number of thioether (sulfide) groups is 1. The highest BCUT2D eigenvalue weighted by atomic mass is 32.2. The lowest BCUT2D eigenvalue weighted by Gasteiger charge is -2.18. The molecule has 4 nitrogen and oxygen atoms in total. The van der Waals surface area contributed by atoms with Gasteiger partial charge in [0.1, 0.15) is 0 Å². The molecule has 0 spiro atoms. The number of hydrogen-bond acceptors (Lipinski definition) is 5. The van der Waals surface area contributed by atoms with Gasteiger partial charge in [0.2, 0.25) is 5.89 Å². The third-order valence-electron chi connectivity index (χ3n) is 3.50. The number of rotatable bonds is 2. The molecule has 5 heteroatoms. The second-order valence-electron chi connectivity index (χ2n) is 4.73. The fraction of sp³-hybridized carbons (Fsp3) is 0.833. The van der Waals surface area contributed by atoms with E-state index in [0.717, 1.165) is 37.8 Å². The molecule has 3 rings (SSSR count). The van der Waals surface area contributed by atoms with Crippen molar-refractivity contribution in [3.8, 4) is 0 Å². The molecule has 0 aliphatic carbocycles. The summed E-state index contributed by atoms with van der Waals surface area (Å²) in [5.41, 5.74) is 0. The quantitative estimate of drug-likeness (QED) is 0.812. The molecular weight excluding hydrogens is 236 g/mol. The zero-order valence-corrected chi connectivity index (χ0v) is 10.7. The van der Waals surface area contributed by atoms with Gasteiger partial charge in [0, 0.05) is 19.1 Å². The third kappa shape index (κ3) is 2.65. The Hall–Kier alpha value is -0.550. The zero-order valence-electron chi connectivity index (χ0n) is 9.93. The fourth-order valence-electron chi connectivity index (χ4n) is 2.43. The van der Waals surface area contributed by atoms with Gasteiger partial charge in [0.05, 0.1) is 5.25 Å². The summed E-state index contributed by atoms with van der Waals surface area (Å²) in [6.07, 6.45) is 5.83. The van der Waals surface area contributed by atoms with E-state index < -0.39 is 0 Å². The molecule has 0 bridgehead atoms. The third-order valence-corrected chi connectivity index (χ3v) is 4.87. The van der Waals surface area contributed by atoms with E-state index in [9.17, 15) is 0 Å². The van der Waals surface area contributed by atoms with Crippen molar-refractivity contribution < 1.29 is 9.26 Å². The van der Waals surface area contributed by atoms with Crippen molar-refractivity contribution in [1.29, 1.82) is 0 Å². The van der Waals surface area contributed by atoms with Crippen LogP contribution in [0.4, 0.5) is 0 Å². The van der Waals surface area contributed by atoms with Crippen LogP contribution in [0.25, 0.3) is 0 Å². The molecule has 0 radical (unpaired) electrons. The molecular formula is C12H18N2O2S. The van der Waals surface area contributed by atoms with E-state index in [0.29, 0.717) is 11.2 Å². The molecule has 1 unspecified atom stereocenters. The van der Waals surface area contributed by atoms with Crippen LogP contribution in [0.1, 0.15) is 55.0 Å². The van der Waals surface area contributed by atoms with Gasteiger partial charge >= 0.3 is 0 Å². The topological polar surface area (TPSA) is 48.2 Å². The van der Waals surface area contributed by atoms with Crippen LogP contribution in [-0.2, 0) is 4.74 Å². The molecule has 2 saturated heterocycles. The van der Waals surface area contributed by atoms with Crippen molar-refractivity contribution in [1.82, 2.24) is 10.1 Å². The van der Waals surface area contributed by atoms with Crippen molar-refractivity contribution >= 4 is 11.8 Å². The first-order valence-corrected chi connectivity index (χ1v) is 7.51. The largest absolute Gasteiger partial charge is 0.381 e. The second kappa shape index (κ2) is 5.40. The van der Waals surface area contributed by atoms with Gasteiger partial charge in [0.25, 0.3) is 0 Å². The lowest BCUT2D eigenvalue weighted by molar-refractivity contribution is 0.0778. The minimum Gasteiger partial charge on any atom is -0.381 e. The summed E-state index contributed by atoms with van der Waals surface area (Å²) in [4.78, 5) is 4.60. The lowest BCUT2D eigenvalue weighted by Crippen LogP contribution is -2.14. The Morgan fingerprint density at radius 1 is 1.12 bits per heavy atom. The molecule has 1 aromatic heterocycles. The highest BCUT2D eigenvalue weighted by Gasteiger charge is 2.25. The fourth-order valence-corrected chi connectivity index (χ4v) is 3.67. The van der Waals surface area contributed by atoms with Crippen LogP contribution in [0.15, 0.2) is 4.52 Å². The summed E-state index contributed by atoms with van der Waals surface area (Å²) in [5, 5.41) is 4.63. The number of aromatic nitrogens is 2. The van der Waals surface area contributed by atoms with E-state index in [4.69, 9.17) is 9.26 Å². The van der Waals surface area contributed by atoms with Crippen molar-refractivity contribution in [3.05, 3.63) is 11.7 Å². The normalized spacial score (nSPS) is 27.2. The van der Waals surface area contributed by atoms with Crippen LogP contribution in [0.5, 0.6) is 0 Å². The predicted octanol–water partition coefficient (Wildman–Crippen LogP) is 2.92. The summed E-state index contributed by atoms with van der Waals surface area (Å²) in [5.74, 6) is 3.38. The summed E-state index contributed by atoms with van der Waals surface area (Å²) in [6, 6.07) is 0. The van der Waals surface area contributed by atoms with E-state index in [1.807, 2.05) is 11.8 Å². The monoisotopic (exact) mass is 254 g/mol. The van der Waals surface area contributed by atoms with Gasteiger partial charge < -0.3 is 9.26 Å². The maximum absolute atomic E-state index is 5.43. The molecule has 0 aromatic carbocycles. The minimum atomic E-state index is 0.415. The highest BCUT2D eigenvalue weighted by Crippen LogP contribution is 2.37.